The number of hydrogen-bond acceptors (Lipinski definition) is 3. The third kappa shape index (κ3) is 3.00. The molecule has 5 heteroatoms. The number of benzene rings is 2. The minimum absolute atomic E-state index is 0.0211. The lowest BCUT2D eigenvalue weighted by Gasteiger charge is -1.98. The summed E-state index contributed by atoms with van der Waals surface area (Å²) >= 11 is 1.49. The first kappa shape index (κ1) is 15.4. The summed E-state index contributed by atoms with van der Waals surface area (Å²) in [4.78, 5) is 28.5. The molecule has 0 fully saturated rings. The zero-order valence-electron chi connectivity index (χ0n) is 13.2. The molecule has 0 aliphatic rings. The molecule has 0 aliphatic heterocycles. The Morgan fingerprint density at radius 1 is 1.04 bits per heavy atom. The van der Waals surface area contributed by atoms with Gasteiger partial charge in [-0.25, -0.2) is 0 Å². The van der Waals surface area contributed by atoms with Crippen LogP contribution in [-0.2, 0) is 7.05 Å². The molecule has 0 bridgehead atoms. The minimum Gasteiger partial charge on any atom is -0.319 e. The van der Waals surface area contributed by atoms with Crippen molar-refractivity contribution in [2.24, 2.45) is 12.0 Å². The molecular formula is C18H16N2O2S. The number of hydrogen-bond donors (Lipinski definition) is 0. The van der Waals surface area contributed by atoms with Crippen LogP contribution >= 0.6 is 11.3 Å². The van der Waals surface area contributed by atoms with Gasteiger partial charge in [0.25, 0.3) is 5.91 Å². The SMILES string of the molecule is CC(=O)c1ccc(C(=O)N=c2sc3cc(C)ccc3n2C)cc1. The van der Waals surface area contributed by atoms with Crippen molar-refractivity contribution in [3.05, 3.63) is 64.0 Å². The smallest absolute Gasteiger partial charge is 0.279 e. The average Bonchev–Trinajstić information content (AvgIpc) is 2.82. The number of aryl methyl sites for hydroxylation is 2. The van der Waals surface area contributed by atoms with Crippen molar-refractivity contribution in [2.45, 2.75) is 13.8 Å². The summed E-state index contributed by atoms with van der Waals surface area (Å²) in [6.07, 6.45) is 0. The van der Waals surface area contributed by atoms with E-state index in [0.717, 1.165) is 10.2 Å². The Bertz CT molecular complexity index is 978. The first-order valence-corrected chi connectivity index (χ1v) is 8.03. The average molecular weight is 324 g/mol. The van der Waals surface area contributed by atoms with Crippen LogP contribution in [0.4, 0.5) is 0 Å². The van der Waals surface area contributed by atoms with Gasteiger partial charge in [0.05, 0.1) is 10.2 Å². The maximum Gasteiger partial charge on any atom is 0.279 e. The number of fused-ring (bicyclic) bond motifs is 1. The van der Waals surface area contributed by atoms with Crippen LogP contribution in [0.1, 0.15) is 33.2 Å². The van der Waals surface area contributed by atoms with Crippen LogP contribution in [0.2, 0.25) is 0 Å². The summed E-state index contributed by atoms with van der Waals surface area (Å²) < 4.78 is 3.02. The summed E-state index contributed by atoms with van der Waals surface area (Å²) in [7, 11) is 1.90. The molecule has 0 spiro atoms. The van der Waals surface area contributed by atoms with E-state index in [-0.39, 0.29) is 11.7 Å². The Morgan fingerprint density at radius 2 is 1.70 bits per heavy atom. The molecule has 1 aromatic heterocycles. The lowest BCUT2D eigenvalue weighted by Crippen LogP contribution is -2.13. The molecule has 0 saturated carbocycles. The molecule has 3 aromatic rings. The van der Waals surface area contributed by atoms with Gasteiger partial charge in [-0.15, -0.1) is 0 Å². The molecule has 4 nitrogen and oxygen atoms in total. The topological polar surface area (TPSA) is 51.4 Å². The Labute approximate surface area is 137 Å². The van der Waals surface area contributed by atoms with Crippen LogP contribution in [0.25, 0.3) is 10.2 Å². The molecule has 0 N–H and O–H groups in total. The first-order valence-electron chi connectivity index (χ1n) is 7.22. The second-order valence-corrected chi connectivity index (χ2v) is 6.47. The second kappa shape index (κ2) is 5.93. The van der Waals surface area contributed by atoms with Gasteiger partial charge in [-0.3, -0.25) is 9.59 Å². The third-order valence-electron chi connectivity index (χ3n) is 3.70. The Kier molecular flexibility index (Phi) is 3.96. The molecule has 0 radical (unpaired) electrons. The van der Waals surface area contributed by atoms with E-state index < -0.39 is 0 Å². The number of aromatic nitrogens is 1. The van der Waals surface area contributed by atoms with Gasteiger partial charge < -0.3 is 4.57 Å². The molecule has 23 heavy (non-hydrogen) atoms. The molecule has 0 saturated heterocycles. The fourth-order valence-electron chi connectivity index (χ4n) is 2.35. The zero-order chi connectivity index (χ0) is 16.6. The quantitative estimate of drug-likeness (QED) is 0.678. The van der Waals surface area contributed by atoms with Crippen LogP contribution in [0.15, 0.2) is 47.5 Å². The molecule has 116 valence electrons. The van der Waals surface area contributed by atoms with Crippen molar-refractivity contribution in [3.8, 4) is 0 Å². The van der Waals surface area contributed by atoms with Gasteiger partial charge in [0.15, 0.2) is 10.6 Å². The highest BCUT2D eigenvalue weighted by molar-refractivity contribution is 7.16. The number of ketones is 1. The fourth-order valence-corrected chi connectivity index (χ4v) is 3.46. The van der Waals surface area contributed by atoms with Gasteiger partial charge >= 0.3 is 0 Å². The van der Waals surface area contributed by atoms with Gasteiger partial charge in [0, 0.05) is 18.2 Å². The minimum atomic E-state index is -0.306. The number of nitrogens with zero attached hydrogens (tertiary/aromatic N) is 2. The molecule has 0 unspecified atom stereocenters. The first-order chi connectivity index (χ1) is 11.0. The lowest BCUT2D eigenvalue weighted by molar-refractivity contribution is 0.0991. The predicted molar refractivity (Wildman–Crippen MR) is 91.9 cm³/mol. The van der Waals surface area contributed by atoms with E-state index in [1.54, 1.807) is 24.3 Å². The van der Waals surface area contributed by atoms with E-state index in [1.165, 1.54) is 23.8 Å². The number of Topliss-reactive ketones (excluding diaryl/α,β-unsaturated/α-hetero) is 1. The van der Waals surface area contributed by atoms with Crippen LogP contribution in [0, 0.1) is 6.92 Å². The normalized spacial score (nSPS) is 11.9. The Hall–Kier alpha value is -2.53. The van der Waals surface area contributed by atoms with E-state index in [2.05, 4.69) is 11.1 Å². The van der Waals surface area contributed by atoms with Crippen LogP contribution in [0.3, 0.4) is 0 Å². The van der Waals surface area contributed by atoms with Crippen molar-refractivity contribution in [1.82, 2.24) is 4.57 Å². The van der Waals surface area contributed by atoms with Gasteiger partial charge in [-0.1, -0.05) is 29.5 Å². The summed E-state index contributed by atoms with van der Waals surface area (Å²) in [5, 5.41) is 0. The van der Waals surface area contributed by atoms with Gasteiger partial charge in [-0.05, 0) is 43.7 Å². The van der Waals surface area contributed by atoms with Gasteiger partial charge in [-0.2, -0.15) is 4.99 Å². The number of amides is 1. The molecule has 1 heterocycles. The second-order valence-electron chi connectivity index (χ2n) is 5.47. The van der Waals surface area contributed by atoms with E-state index in [0.29, 0.717) is 15.9 Å². The van der Waals surface area contributed by atoms with Crippen molar-refractivity contribution >= 4 is 33.2 Å². The van der Waals surface area contributed by atoms with Crippen LogP contribution in [0.5, 0.6) is 0 Å². The highest BCUT2D eigenvalue weighted by Crippen LogP contribution is 2.18. The molecule has 2 aromatic carbocycles. The monoisotopic (exact) mass is 324 g/mol. The maximum atomic E-state index is 12.3. The van der Waals surface area contributed by atoms with Crippen LogP contribution in [-0.4, -0.2) is 16.3 Å². The van der Waals surface area contributed by atoms with Crippen molar-refractivity contribution in [2.75, 3.05) is 0 Å². The van der Waals surface area contributed by atoms with E-state index in [9.17, 15) is 9.59 Å². The Balaban J connectivity index is 2.02. The van der Waals surface area contributed by atoms with Crippen molar-refractivity contribution in [1.29, 1.82) is 0 Å². The van der Waals surface area contributed by atoms with E-state index in [1.807, 2.05) is 30.7 Å². The number of thiazole rings is 1. The molecule has 1 amide bonds. The summed E-state index contributed by atoms with van der Waals surface area (Å²) in [6.45, 7) is 3.54. The fraction of sp³-hybridized carbons (Fsp3) is 0.167. The molecule has 3 rings (SSSR count). The highest BCUT2D eigenvalue weighted by atomic mass is 32.1. The predicted octanol–water partition coefficient (Wildman–Crippen LogP) is 3.49. The summed E-state index contributed by atoms with van der Waals surface area (Å²) in [6, 6.07) is 12.7. The van der Waals surface area contributed by atoms with Gasteiger partial charge in [0.2, 0.25) is 0 Å². The largest absolute Gasteiger partial charge is 0.319 e. The maximum absolute atomic E-state index is 12.3. The summed E-state index contributed by atoms with van der Waals surface area (Å²) in [5.74, 6) is -0.328. The highest BCUT2D eigenvalue weighted by Gasteiger charge is 2.08. The molecule has 0 aliphatic carbocycles. The molecular weight excluding hydrogens is 308 g/mol. The number of carbonyl (C=O) groups is 2. The van der Waals surface area contributed by atoms with Crippen LogP contribution < -0.4 is 4.80 Å². The number of rotatable bonds is 2. The van der Waals surface area contributed by atoms with Crippen molar-refractivity contribution in [3.63, 3.8) is 0 Å². The summed E-state index contributed by atoms with van der Waals surface area (Å²) in [5.41, 5.74) is 3.30. The zero-order valence-corrected chi connectivity index (χ0v) is 14.0. The lowest BCUT2D eigenvalue weighted by atomic mass is 10.1. The Morgan fingerprint density at radius 3 is 2.35 bits per heavy atom. The standard InChI is InChI=1S/C18H16N2O2S/c1-11-4-9-15-16(10-11)23-18(20(15)3)19-17(22)14-7-5-13(6-8-14)12(2)21/h4-10H,1-3H3. The van der Waals surface area contributed by atoms with Crippen molar-refractivity contribution < 1.29 is 9.59 Å². The van der Waals surface area contributed by atoms with E-state index >= 15 is 0 Å². The molecule has 0 atom stereocenters. The van der Waals surface area contributed by atoms with Gasteiger partial charge in [0.1, 0.15) is 0 Å². The number of carbonyl (C=O) groups excluding carboxylic acids is 2. The van der Waals surface area contributed by atoms with E-state index in [4.69, 9.17) is 0 Å². The third-order valence-corrected chi connectivity index (χ3v) is 4.80.